The molecule has 2 aliphatic rings. The maximum Gasteiger partial charge on any atom is 0.292 e. The zero-order valence-corrected chi connectivity index (χ0v) is 29.5. The molecule has 0 spiro atoms. The minimum atomic E-state index is -0.909. The lowest BCUT2D eigenvalue weighted by atomic mass is 10.0. The summed E-state index contributed by atoms with van der Waals surface area (Å²) in [4.78, 5) is 59.1. The molecule has 2 saturated heterocycles. The van der Waals surface area contributed by atoms with Crippen LogP contribution in [0.3, 0.4) is 0 Å². The quantitative estimate of drug-likeness (QED) is 0.181. The number of rotatable bonds is 8. The van der Waals surface area contributed by atoms with Gasteiger partial charge in [0.05, 0.1) is 49.2 Å². The number of methoxy groups -OCH3 is 1. The Morgan fingerprint density at radius 2 is 1.80 bits per heavy atom. The molecule has 3 amide bonds. The van der Waals surface area contributed by atoms with E-state index in [2.05, 4.69) is 25.3 Å². The van der Waals surface area contributed by atoms with Gasteiger partial charge in [-0.15, -0.1) is 0 Å². The van der Waals surface area contributed by atoms with E-state index in [0.29, 0.717) is 55.5 Å². The zero-order chi connectivity index (χ0) is 36.9. The molecule has 50 heavy (non-hydrogen) atoms. The summed E-state index contributed by atoms with van der Waals surface area (Å²) >= 11 is 6.43. The van der Waals surface area contributed by atoms with Crippen LogP contribution in [0.5, 0.6) is 0 Å². The second-order valence-corrected chi connectivity index (χ2v) is 13.4. The molecule has 270 valence electrons. The number of amides is 3. The predicted molar refractivity (Wildman–Crippen MR) is 182 cm³/mol. The van der Waals surface area contributed by atoms with E-state index in [1.807, 2.05) is 19.0 Å². The number of nitrogens with one attached hydrogen (secondary N) is 2. The maximum absolute atomic E-state index is 14.7. The lowest BCUT2D eigenvalue weighted by Gasteiger charge is -2.37. The third kappa shape index (κ3) is 8.54. The number of nitrogens with zero attached hydrogens (tertiary/aromatic N) is 6. The van der Waals surface area contributed by atoms with Crippen molar-refractivity contribution >= 4 is 47.3 Å². The number of ether oxygens (including phenoxy) is 1. The first kappa shape index (κ1) is 38.1. The highest BCUT2D eigenvalue weighted by molar-refractivity contribution is 6.34. The van der Waals surface area contributed by atoms with Gasteiger partial charge in [-0.25, -0.2) is 9.37 Å². The smallest absolute Gasteiger partial charge is 0.292 e. The van der Waals surface area contributed by atoms with Crippen molar-refractivity contribution in [3.05, 3.63) is 58.6 Å². The molecule has 0 bridgehead atoms. The van der Waals surface area contributed by atoms with Gasteiger partial charge >= 0.3 is 0 Å². The normalized spacial score (nSPS) is 18.5. The van der Waals surface area contributed by atoms with Crippen LogP contribution in [-0.2, 0) is 21.4 Å². The molecule has 0 radical (unpaired) electrons. The third-order valence-electron chi connectivity index (χ3n) is 8.82. The van der Waals surface area contributed by atoms with Gasteiger partial charge < -0.3 is 39.3 Å². The van der Waals surface area contributed by atoms with Gasteiger partial charge in [-0.1, -0.05) is 11.6 Å². The average Bonchev–Trinajstić information content (AvgIpc) is 3.58. The van der Waals surface area contributed by atoms with E-state index < -0.39 is 23.8 Å². The Hall–Kier alpha value is -4.67. The molecule has 2 aliphatic heterocycles. The SMILES string of the molecule is CN(C)c1nc(F)c(-c2cnc(C(=O)Nc3ccc(C(=O)NC4CCN(C(=O)[C@@H]5C[C@@H](O)C[N+]5(C)C)CC4)c(Cl)c3)n2C)cc1F.COC=O. The average molecular weight is 720 g/mol. The summed E-state index contributed by atoms with van der Waals surface area (Å²) < 4.78 is 34.9. The van der Waals surface area contributed by atoms with Crippen molar-refractivity contribution in [2.75, 3.05) is 65.2 Å². The Balaban J connectivity index is 0.00000133. The number of aliphatic hydroxyl groups excluding tert-OH is 1. The summed E-state index contributed by atoms with van der Waals surface area (Å²) in [7, 11) is 9.80. The number of imidazole rings is 1. The Morgan fingerprint density at radius 3 is 2.36 bits per heavy atom. The second-order valence-electron chi connectivity index (χ2n) is 13.0. The molecule has 5 rings (SSSR count). The van der Waals surface area contributed by atoms with Gasteiger partial charge in [0, 0.05) is 52.4 Å². The molecular formula is C33H42ClF2N8O6+. The first-order chi connectivity index (χ1) is 23.6. The van der Waals surface area contributed by atoms with Crippen LogP contribution in [0.25, 0.3) is 11.3 Å². The van der Waals surface area contributed by atoms with Crippen LogP contribution >= 0.6 is 11.6 Å². The van der Waals surface area contributed by atoms with Crippen LogP contribution in [0, 0.1) is 11.8 Å². The summed E-state index contributed by atoms with van der Waals surface area (Å²) in [5.74, 6) is -2.83. The number of aliphatic hydroxyl groups is 1. The van der Waals surface area contributed by atoms with Gasteiger partial charge in [0.25, 0.3) is 24.2 Å². The van der Waals surface area contributed by atoms with Crippen molar-refractivity contribution in [3.8, 4) is 11.3 Å². The Labute approximate surface area is 293 Å². The highest BCUT2D eigenvalue weighted by Gasteiger charge is 2.46. The van der Waals surface area contributed by atoms with Gasteiger partial charge in [-0.3, -0.25) is 19.2 Å². The standard InChI is InChI=1S/C31H37ClF2N8O4.C2H4O2/c1-39(2)27-23(33)14-21(26(34)38-27)24-15-35-28(40(24)3)30(45)37-18-6-7-20(22(32)12-18)29(44)36-17-8-10-41(11-9-17)31(46)25-13-19(43)16-42(25,4)5;1-4-2-3/h6-7,12,14-15,17,19,25,43H,8-11,13,16H2,1-5H3,(H-,36,37,44,45);2H,1H3/p+1/t19-,25+;/m1./s1. The molecule has 14 nitrogen and oxygen atoms in total. The van der Waals surface area contributed by atoms with Gasteiger partial charge in [0.1, 0.15) is 12.6 Å². The molecule has 0 unspecified atom stereocenters. The van der Waals surface area contributed by atoms with Crippen molar-refractivity contribution in [1.82, 2.24) is 24.8 Å². The number of likely N-dealkylation sites (N-methyl/N-ethyl adjacent to an activating group) is 1. The van der Waals surface area contributed by atoms with Crippen molar-refractivity contribution in [1.29, 1.82) is 0 Å². The molecule has 2 fully saturated rings. The van der Waals surface area contributed by atoms with Crippen LogP contribution < -0.4 is 15.5 Å². The van der Waals surface area contributed by atoms with Gasteiger partial charge in [-0.2, -0.15) is 9.37 Å². The molecule has 3 aromatic rings. The minimum absolute atomic E-state index is 0.0329. The van der Waals surface area contributed by atoms with E-state index in [1.54, 1.807) is 14.1 Å². The van der Waals surface area contributed by atoms with E-state index >= 15 is 0 Å². The second kappa shape index (κ2) is 15.9. The number of anilines is 2. The van der Waals surface area contributed by atoms with Crippen LogP contribution in [0.4, 0.5) is 20.3 Å². The molecule has 1 aromatic carbocycles. The fourth-order valence-corrected chi connectivity index (χ4v) is 6.46. The van der Waals surface area contributed by atoms with E-state index in [1.165, 1.54) is 48.0 Å². The summed E-state index contributed by atoms with van der Waals surface area (Å²) in [6.07, 6.45) is 2.39. The predicted octanol–water partition coefficient (Wildman–Crippen LogP) is 2.45. The fraction of sp³-hybridized carbons (Fsp3) is 0.455. The largest absolute Gasteiger partial charge is 0.471 e. The summed E-state index contributed by atoms with van der Waals surface area (Å²) in [5.41, 5.74) is 0.530. The molecule has 17 heteroatoms. The monoisotopic (exact) mass is 719 g/mol. The number of quaternary nitrogens is 1. The Morgan fingerprint density at radius 1 is 1.14 bits per heavy atom. The third-order valence-corrected chi connectivity index (χ3v) is 9.13. The van der Waals surface area contributed by atoms with Crippen LogP contribution in [0.1, 0.15) is 40.2 Å². The number of hydrogen-bond donors (Lipinski definition) is 3. The number of carbonyl (C=O) groups excluding carboxylic acids is 4. The highest BCUT2D eigenvalue weighted by Crippen LogP contribution is 2.29. The highest BCUT2D eigenvalue weighted by atomic mass is 35.5. The van der Waals surface area contributed by atoms with Crippen LogP contribution in [0.15, 0.2) is 30.5 Å². The van der Waals surface area contributed by atoms with E-state index in [4.69, 9.17) is 16.4 Å². The number of likely N-dealkylation sites (tertiary alicyclic amines) is 2. The van der Waals surface area contributed by atoms with Crippen molar-refractivity contribution < 1.29 is 42.3 Å². The van der Waals surface area contributed by atoms with Gasteiger partial charge in [0.2, 0.25) is 5.95 Å². The molecule has 0 saturated carbocycles. The van der Waals surface area contributed by atoms with E-state index in [0.717, 1.165) is 6.07 Å². The maximum atomic E-state index is 14.7. The number of benzene rings is 1. The number of carbonyl (C=O) groups is 4. The first-order valence-corrected chi connectivity index (χ1v) is 16.2. The number of pyridine rings is 1. The molecule has 3 N–H and O–H groups in total. The Kier molecular flexibility index (Phi) is 12.1. The molecule has 4 heterocycles. The van der Waals surface area contributed by atoms with E-state index in [9.17, 15) is 28.3 Å². The number of aromatic nitrogens is 3. The summed E-state index contributed by atoms with van der Waals surface area (Å²) in [6, 6.07) is 5.05. The van der Waals surface area contributed by atoms with Crippen LogP contribution in [-0.4, -0.2) is 126 Å². The fourth-order valence-electron chi connectivity index (χ4n) is 6.19. The van der Waals surface area contributed by atoms with Crippen molar-refractivity contribution in [2.45, 2.75) is 37.5 Å². The summed E-state index contributed by atoms with van der Waals surface area (Å²) in [6.45, 7) is 1.93. The molecular weight excluding hydrogens is 678 g/mol. The minimum Gasteiger partial charge on any atom is -0.471 e. The lowest BCUT2D eigenvalue weighted by molar-refractivity contribution is -0.894. The zero-order valence-electron chi connectivity index (χ0n) is 28.7. The number of hydrogen-bond acceptors (Lipinski definition) is 9. The topological polar surface area (TPSA) is 159 Å². The molecule has 2 atom stereocenters. The lowest BCUT2D eigenvalue weighted by Crippen LogP contribution is -2.56. The molecule has 2 aromatic heterocycles. The number of piperidine rings is 1. The Bertz CT molecular complexity index is 1740. The van der Waals surface area contributed by atoms with Crippen molar-refractivity contribution in [3.63, 3.8) is 0 Å². The van der Waals surface area contributed by atoms with Gasteiger partial charge in [0.15, 0.2) is 23.5 Å². The molecule has 0 aliphatic carbocycles. The van der Waals surface area contributed by atoms with Gasteiger partial charge in [-0.05, 0) is 37.1 Å². The van der Waals surface area contributed by atoms with Crippen LogP contribution in [0.2, 0.25) is 5.02 Å². The van der Waals surface area contributed by atoms with E-state index in [-0.39, 0.29) is 57.4 Å². The summed E-state index contributed by atoms with van der Waals surface area (Å²) in [5, 5.41) is 15.8. The first-order valence-electron chi connectivity index (χ1n) is 15.8. The van der Waals surface area contributed by atoms with Crippen molar-refractivity contribution in [2.24, 2.45) is 7.05 Å². The number of halogens is 3.